The summed E-state index contributed by atoms with van der Waals surface area (Å²) < 4.78 is 14.5. The second kappa shape index (κ2) is 4.85. The fourth-order valence-electron chi connectivity index (χ4n) is 1.71. The molecule has 1 aromatic carbocycles. The van der Waals surface area contributed by atoms with E-state index in [1.54, 1.807) is 0 Å². The van der Waals surface area contributed by atoms with Gasteiger partial charge in [0.2, 0.25) is 0 Å². The highest BCUT2D eigenvalue weighted by Crippen LogP contribution is 2.21. The Morgan fingerprint density at radius 2 is 1.95 bits per heavy atom. The standard InChI is InChI=1S/C13H9ClFNO3/c1-7(17)8-2-12(13(18)19)16(6-8)11-4-9(14)3-10(15)5-11/h2-6H,1H3,(H,18,19). The molecule has 0 unspecified atom stereocenters. The van der Waals surface area contributed by atoms with Crippen molar-refractivity contribution in [2.45, 2.75) is 6.92 Å². The number of carboxylic acid groups (broad SMARTS) is 1. The van der Waals surface area contributed by atoms with Crippen LogP contribution in [0.1, 0.15) is 27.8 Å². The van der Waals surface area contributed by atoms with E-state index in [9.17, 15) is 14.0 Å². The Morgan fingerprint density at radius 1 is 1.26 bits per heavy atom. The number of hydrogen-bond donors (Lipinski definition) is 1. The summed E-state index contributed by atoms with van der Waals surface area (Å²) in [5.41, 5.74) is 0.347. The third kappa shape index (κ3) is 2.66. The van der Waals surface area contributed by atoms with E-state index >= 15 is 0 Å². The summed E-state index contributed by atoms with van der Waals surface area (Å²) >= 11 is 5.73. The minimum absolute atomic E-state index is 0.133. The summed E-state index contributed by atoms with van der Waals surface area (Å²) in [4.78, 5) is 22.4. The first-order valence-electron chi connectivity index (χ1n) is 5.31. The number of aromatic nitrogens is 1. The van der Waals surface area contributed by atoms with Gasteiger partial charge in [-0.15, -0.1) is 0 Å². The molecule has 0 amide bonds. The minimum Gasteiger partial charge on any atom is -0.477 e. The molecule has 98 valence electrons. The summed E-state index contributed by atoms with van der Waals surface area (Å²) in [6.07, 6.45) is 1.34. The van der Waals surface area contributed by atoms with Gasteiger partial charge in [0.1, 0.15) is 11.5 Å². The summed E-state index contributed by atoms with van der Waals surface area (Å²) in [5.74, 6) is -2.08. The Bertz CT molecular complexity index is 658. The number of ketones is 1. The molecule has 4 nitrogen and oxygen atoms in total. The molecule has 19 heavy (non-hydrogen) atoms. The van der Waals surface area contributed by atoms with Crippen molar-refractivity contribution in [1.82, 2.24) is 4.57 Å². The Balaban J connectivity index is 2.66. The zero-order valence-electron chi connectivity index (χ0n) is 9.85. The van der Waals surface area contributed by atoms with Crippen molar-refractivity contribution < 1.29 is 19.1 Å². The van der Waals surface area contributed by atoms with Gasteiger partial charge in [-0.1, -0.05) is 11.6 Å². The van der Waals surface area contributed by atoms with Gasteiger partial charge in [-0.25, -0.2) is 9.18 Å². The molecule has 0 fully saturated rings. The van der Waals surface area contributed by atoms with Crippen LogP contribution < -0.4 is 0 Å². The molecule has 2 aromatic rings. The highest BCUT2D eigenvalue weighted by atomic mass is 35.5. The smallest absolute Gasteiger partial charge is 0.352 e. The normalized spacial score (nSPS) is 10.5. The van der Waals surface area contributed by atoms with Crippen LogP contribution in [-0.2, 0) is 0 Å². The molecule has 0 saturated heterocycles. The van der Waals surface area contributed by atoms with Crippen LogP contribution in [0.4, 0.5) is 4.39 Å². The number of hydrogen-bond acceptors (Lipinski definition) is 2. The molecule has 0 saturated carbocycles. The van der Waals surface area contributed by atoms with Gasteiger partial charge < -0.3 is 9.67 Å². The number of benzene rings is 1. The van der Waals surface area contributed by atoms with E-state index in [1.165, 1.54) is 29.8 Å². The Kier molecular flexibility index (Phi) is 3.40. The van der Waals surface area contributed by atoms with Gasteiger partial charge >= 0.3 is 5.97 Å². The average molecular weight is 282 g/mol. The van der Waals surface area contributed by atoms with Crippen molar-refractivity contribution in [3.63, 3.8) is 0 Å². The third-order valence-corrected chi connectivity index (χ3v) is 2.79. The molecule has 0 aliphatic carbocycles. The van der Waals surface area contributed by atoms with E-state index < -0.39 is 11.8 Å². The van der Waals surface area contributed by atoms with Crippen molar-refractivity contribution in [3.8, 4) is 5.69 Å². The number of carbonyl (C=O) groups is 2. The second-order valence-corrected chi connectivity index (χ2v) is 4.41. The number of rotatable bonds is 3. The summed E-state index contributed by atoms with van der Waals surface area (Å²) in [6.45, 7) is 1.32. The van der Waals surface area contributed by atoms with Gasteiger partial charge in [-0.05, 0) is 31.2 Å². The Hall–Kier alpha value is -2.14. The first kappa shape index (κ1) is 13.3. The van der Waals surface area contributed by atoms with Gasteiger partial charge in [0.15, 0.2) is 5.78 Å². The summed E-state index contributed by atoms with van der Waals surface area (Å²) in [7, 11) is 0. The molecule has 0 spiro atoms. The highest BCUT2D eigenvalue weighted by Gasteiger charge is 2.16. The van der Waals surface area contributed by atoms with Crippen LogP contribution in [0.5, 0.6) is 0 Å². The van der Waals surface area contributed by atoms with Crippen LogP contribution in [-0.4, -0.2) is 21.4 Å². The lowest BCUT2D eigenvalue weighted by atomic mass is 10.2. The molecule has 6 heteroatoms. The van der Waals surface area contributed by atoms with E-state index in [-0.39, 0.29) is 27.8 Å². The Labute approximate surface area is 113 Å². The fraction of sp³-hybridized carbons (Fsp3) is 0.0769. The number of halogens is 2. The van der Waals surface area contributed by atoms with E-state index in [2.05, 4.69) is 0 Å². The predicted octanol–water partition coefficient (Wildman–Crippen LogP) is 3.17. The molecule has 0 atom stereocenters. The number of carboxylic acids is 1. The van der Waals surface area contributed by atoms with Gasteiger partial charge in [-0.2, -0.15) is 0 Å². The van der Waals surface area contributed by atoms with Crippen molar-refractivity contribution in [2.24, 2.45) is 0 Å². The number of aromatic carboxylic acids is 1. The first-order valence-corrected chi connectivity index (χ1v) is 5.69. The van der Waals surface area contributed by atoms with Crippen LogP contribution >= 0.6 is 11.6 Å². The third-order valence-electron chi connectivity index (χ3n) is 2.57. The van der Waals surface area contributed by atoms with E-state index in [0.717, 1.165) is 12.1 Å². The van der Waals surface area contributed by atoms with Gasteiger partial charge in [0.05, 0.1) is 5.69 Å². The molecular formula is C13H9ClFNO3. The van der Waals surface area contributed by atoms with Crippen LogP contribution in [0.15, 0.2) is 30.5 Å². The lowest BCUT2D eigenvalue weighted by molar-refractivity contribution is 0.0688. The van der Waals surface area contributed by atoms with Crippen molar-refractivity contribution in [1.29, 1.82) is 0 Å². The second-order valence-electron chi connectivity index (χ2n) is 3.97. The van der Waals surface area contributed by atoms with Gasteiger partial charge in [0.25, 0.3) is 0 Å². The van der Waals surface area contributed by atoms with Crippen LogP contribution in [0, 0.1) is 5.82 Å². The molecule has 0 radical (unpaired) electrons. The fourth-order valence-corrected chi connectivity index (χ4v) is 1.93. The van der Waals surface area contributed by atoms with Crippen molar-refractivity contribution in [2.75, 3.05) is 0 Å². The topological polar surface area (TPSA) is 59.3 Å². The molecule has 1 aromatic heterocycles. The van der Waals surface area contributed by atoms with Crippen LogP contribution in [0.25, 0.3) is 5.69 Å². The van der Waals surface area contributed by atoms with Gasteiger partial charge in [-0.3, -0.25) is 4.79 Å². The number of nitrogens with zero attached hydrogens (tertiary/aromatic N) is 1. The lowest BCUT2D eigenvalue weighted by Gasteiger charge is -2.06. The van der Waals surface area contributed by atoms with E-state index in [0.29, 0.717) is 0 Å². The first-order chi connectivity index (χ1) is 8.88. The molecule has 2 rings (SSSR count). The lowest BCUT2D eigenvalue weighted by Crippen LogP contribution is -2.05. The maximum absolute atomic E-state index is 13.3. The average Bonchev–Trinajstić information content (AvgIpc) is 2.72. The minimum atomic E-state index is -1.21. The maximum Gasteiger partial charge on any atom is 0.352 e. The van der Waals surface area contributed by atoms with Crippen LogP contribution in [0.3, 0.4) is 0 Å². The number of Topliss-reactive ketones (excluding diaryl/α,β-unsaturated/α-hetero) is 1. The molecule has 0 aliphatic heterocycles. The quantitative estimate of drug-likeness (QED) is 0.879. The zero-order chi connectivity index (χ0) is 14.2. The van der Waals surface area contributed by atoms with Crippen molar-refractivity contribution >= 4 is 23.4 Å². The highest BCUT2D eigenvalue weighted by molar-refractivity contribution is 6.30. The molecule has 0 aliphatic rings. The van der Waals surface area contributed by atoms with Gasteiger partial charge in [0, 0.05) is 16.8 Å². The van der Waals surface area contributed by atoms with E-state index in [1.807, 2.05) is 0 Å². The monoisotopic (exact) mass is 281 g/mol. The van der Waals surface area contributed by atoms with Crippen molar-refractivity contribution in [3.05, 3.63) is 52.6 Å². The van der Waals surface area contributed by atoms with E-state index in [4.69, 9.17) is 16.7 Å². The summed E-state index contributed by atoms with van der Waals surface area (Å²) in [5, 5.41) is 9.24. The molecular weight excluding hydrogens is 273 g/mol. The molecule has 1 heterocycles. The van der Waals surface area contributed by atoms with Crippen LogP contribution in [0.2, 0.25) is 5.02 Å². The zero-order valence-corrected chi connectivity index (χ0v) is 10.6. The number of carbonyl (C=O) groups excluding carboxylic acids is 1. The molecule has 0 bridgehead atoms. The predicted molar refractivity (Wildman–Crippen MR) is 67.7 cm³/mol. The summed E-state index contributed by atoms with van der Waals surface area (Å²) in [6, 6.07) is 4.91. The SMILES string of the molecule is CC(=O)c1cc(C(=O)O)n(-c2cc(F)cc(Cl)c2)c1. The Morgan fingerprint density at radius 3 is 2.47 bits per heavy atom. The maximum atomic E-state index is 13.3. The molecule has 1 N–H and O–H groups in total. The largest absolute Gasteiger partial charge is 0.477 e.